The Morgan fingerprint density at radius 3 is 2.50 bits per heavy atom. The predicted molar refractivity (Wildman–Crippen MR) is 60.5 cm³/mol. The summed E-state index contributed by atoms with van der Waals surface area (Å²) in [6.07, 6.45) is 2.85. The third-order valence-corrected chi connectivity index (χ3v) is 4.09. The lowest BCUT2D eigenvalue weighted by molar-refractivity contribution is -0.145. The first kappa shape index (κ1) is 11.6. The van der Waals surface area contributed by atoms with E-state index >= 15 is 0 Å². The van der Waals surface area contributed by atoms with Gasteiger partial charge in [0.05, 0.1) is 0 Å². The third-order valence-electron chi connectivity index (χ3n) is 4.09. The molecule has 0 radical (unpaired) electrons. The zero-order chi connectivity index (χ0) is 12.8. The van der Waals surface area contributed by atoms with Crippen LogP contribution in [0.2, 0.25) is 0 Å². The van der Waals surface area contributed by atoms with Gasteiger partial charge in [0.15, 0.2) is 0 Å². The minimum atomic E-state index is -0.918. The second-order valence-corrected chi connectivity index (χ2v) is 5.31. The average molecular weight is 252 g/mol. The van der Waals surface area contributed by atoms with Crippen molar-refractivity contribution < 1.29 is 19.1 Å². The molecule has 2 saturated heterocycles. The van der Waals surface area contributed by atoms with E-state index in [0.29, 0.717) is 32.6 Å². The van der Waals surface area contributed by atoms with Gasteiger partial charge in [0.25, 0.3) is 0 Å². The van der Waals surface area contributed by atoms with E-state index in [0.717, 1.165) is 12.8 Å². The van der Waals surface area contributed by atoms with E-state index in [1.165, 1.54) is 4.90 Å². The molecule has 0 aromatic heterocycles. The van der Waals surface area contributed by atoms with Crippen LogP contribution in [0.5, 0.6) is 0 Å². The fraction of sp³-hybridized carbons (Fsp3) is 0.750. The van der Waals surface area contributed by atoms with Crippen LogP contribution in [0.3, 0.4) is 0 Å². The summed E-state index contributed by atoms with van der Waals surface area (Å²) in [6.45, 7) is 1.76. The Balaban J connectivity index is 1.72. The van der Waals surface area contributed by atoms with Crippen molar-refractivity contribution >= 4 is 17.8 Å². The van der Waals surface area contributed by atoms with Gasteiger partial charge in [-0.15, -0.1) is 0 Å². The third kappa shape index (κ3) is 1.71. The van der Waals surface area contributed by atoms with E-state index in [-0.39, 0.29) is 11.8 Å². The number of barbiturate groups is 1. The fourth-order valence-electron chi connectivity index (χ4n) is 2.65. The summed E-state index contributed by atoms with van der Waals surface area (Å²) >= 11 is 0. The highest BCUT2D eigenvalue weighted by Gasteiger charge is 2.62. The second kappa shape index (κ2) is 4.05. The van der Waals surface area contributed by atoms with Gasteiger partial charge in [0.2, 0.25) is 11.8 Å². The Kier molecular flexibility index (Phi) is 2.62. The fourth-order valence-corrected chi connectivity index (χ4v) is 2.65. The first-order chi connectivity index (χ1) is 8.63. The highest BCUT2D eigenvalue weighted by molar-refractivity contribution is 6.20. The topological polar surface area (TPSA) is 75.7 Å². The van der Waals surface area contributed by atoms with Crippen LogP contribution >= 0.6 is 0 Å². The summed E-state index contributed by atoms with van der Waals surface area (Å²) in [5.74, 6) is -0.430. The molecule has 1 N–H and O–H groups in total. The van der Waals surface area contributed by atoms with Gasteiger partial charge in [-0.05, 0) is 31.6 Å². The lowest BCUT2D eigenvalue weighted by Gasteiger charge is -2.33. The smallest absolute Gasteiger partial charge is 0.330 e. The lowest BCUT2D eigenvalue weighted by atomic mass is 9.96. The molecule has 0 aromatic carbocycles. The normalized spacial score (nSPS) is 27.6. The van der Waals surface area contributed by atoms with Crippen molar-refractivity contribution in [1.29, 1.82) is 0 Å². The van der Waals surface area contributed by atoms with Gasteiger partial charge in [-0.1, -0.05) is 0 Å². The quantitative estimate of drug-likeness (QED) is 0.716. The van der Waals surface area contributed by atoms with Crippen LogP contribution in [0.25, 0.3) is 0 Å². The highest BCUT2D eigenvalue weighted by Crippen LogP contribution is 2.49. The minimum absolute atomic E-state index is 0.289. The molecule has 6 heteroatoms. The van der Waals surface area contributed by atoms with Crippen molar-refractivity contribution in [1.82, 2.24) is 10.2 Å². The molecule has 98 valence electrons. The molecule has 18 heavy (non-hydrogen) atoms. The van der Waals surface area contributed by atoms with Gasteiger partial charge in [-0.3, -0.25) is 19.8 Å². The summed E-state index contributed by atoms with van der Waals surface area (Å²) in [5, 5.41) is 2.30. The van der Waals surface area contributed by atoms with Gasteiger partial charge in [-0.25, -0.2) is 4.79 Å². The number of amides is 4. The van der Waals surface area contributed by atoms with Crippen LogP contribution in [-0.4, -0.2) is 42.5 Å². The predicted octanol–water partition coefficient (Wildman–Crippen LogP) is 0.272. The lowest BCUT2D eigenvalue weighted by Crippen LogP contribution is -2.60. The number of ether oxygens (including phenoxy) is 1. The SMILES string of the molecule is O=C1NC(=O)C2(CC2)C(=O)N1CC1CCOCC1. The largest absolute Gasteiger partial charge is 0.381 e. The van der Waals surface area contributed by atoms with Gasteiger partial charge in [0, 0.05) is 19.8 Å². The molecule has 3 rings (SSSR count). The standard InChI is InChI=1S/C12H16N2O4/c15-9-12(3-4-12)10(16)14(11(17)13-9)7-8-1-5-18-6-2-8/h8H,1-7H2,(H,13,15,17). The van der Waals surface area contributed by atoms with E-state index in [2.05, 4.69) is 5.32 Å². The molecule has 6 nitrogen and oxygen atoms in total. The van der Waals surface area contributed by atoms with Gasteiger partial charge in [-0.2, -0.15) is 0 Å². The molecule has 1 aliphatic carbocycles. The first-order valence-electron chi connectivity index (χ1n) is 6.39. The molecule has 1 spiro atoms. The molecule has 3 fully saturated rings. The number of rotatable bonds is 2. The molecule has 4 amide bonds. The van der Waals surface area contributed by atoms with E-state index in [9.17, 15) is 14.4 Å². The molecule has 3 aliphatic rings. The molecular formula is C12H16N2O4. The summed E-state index contributed by atoms with van der Waals surface area (Å²) in [6, 6.07) is -0.561. The van der Waals surface area contributed by atoms with Crippen LogP contribution in [0, 0.1) is 11.3 Å². The second-order valence-electron chi connectivity index (χ2n) is 5.31. The summed E-state index contributed by atoms with van der Waals surface area (Å²) in [4.78, 5) is 36.8. The van der Waals surface area contributed by atoms with Crippen LogP contribution in [0.15, 0.2) is 0 Å². The van der Waals surface area contributed by atoms with Crippen molar-refractivity contribution in [2.45, 2.75) is 25.7 Å². The zero-order valence-electron chi connectivity index (χ0n) is 10.1. The molecule has 1 saturated carbocycles. The summed E-state index contributed by atoms with van der Waals surface area (Å²) in [5.41, 5.74) is -0.918. The van der Waals surface area contributed by atoms with Gasteiger partial charge in [0.1, 0.15) is 5.41 Å². The molecule has 2 heterocycles. The van der Waals surface area contributed by atoms with Crippen LogP contribution in [0.1, 0.15) is 25.7 Å². The number of imide groups is 2. The van der Waals surface area contributed by atoms with Crippen molar-refractivity contribution in [3.63, 3.8) is 0 Å². The molecule has 2 aliphatic heterocycles. The Morgan fingerprint density at radius 2 is 1.89 bits per heavy atom. The van der Waals surface area contributed by atoms with Crippen molar-refractivity contribution in [3.05, 3.63) is 0 Å². The number of hydrogen-bond donors (Lipinski definition) is 1. The highest BCUT2D eigenvalue weighted by atomic mass is 16.5. The minimum Gasteiger partial charge on any atom is -0.381 e. The average Bonchev–Trinajstić information content (AvgIpc) is 3.16. The monoisotopic (exact) mass is 252 g/mol. The maximum atomic E-state index is 12.2. The van der Waals surface area contributed by atoms with Crippen molar-refractivity contribution in [3.8, 4) is 0 Å². The van der Waals surface area contributed by atoms with Crippen LogP contribution in [-0.2, 0) is 14.3 Å². The Labute approximate surface area is 105 Å². The molecular weight excluding hydrogens is 236 g/mol. The maximum absolute atomic E-state index is 12.2. The number of nitrogens with zero attached hydrogens (tertiary/aromatic N) is 1. The molecule has 0 bridgehead atoms. The molecule has 0 unspecified atom stereocenters. The van der Waals surface area contributed by atoms with Gasteiger partial charge < -0.3 is 4.74 Å². The zero-order valence-corrected chi connectivity index (χ0v) is 10.1. The number of carbonyl (C=O) groups is 3. The Bertz CT molecular complexity index is 410. The summed E-state index contributed by atoms with van der Waals surface area (Å²) < 4.78 is 5.25. The maximum Gasteiger partial charge on any atom is 0.330 e. The van der Waals surface area contributed by atoms with Crippen molar-refractivity contribution in [2.24, 2.45) is 11.3 Å². The Morgan fingerprint density at radius 1 is 1.22 bits per heavy atom. The number of carbonyl (C=O) groups excluding carboxylic acids is 3. The van der Waals surface area contributed by atoms with Gasteiger partial charge >= 0.3 is 6.03 Å². The van der Waals surface area contributed by atoms with E-state index < -0.39 is 17.4 Å². The molecule has 0 aromatic rings. The van der Waals surface area contributed by atoms with E-state index in [1.807, 2.05) is 0 Å². The van der Waals surface area contributed by atoms with E-state index in [4.69, 9.17) is 4.74 Å². The number of hydrogen-bond acceptors (Lipinski definition) is 4. The van der Waals surface area contributed by atoms with Crippen molar-refractivity contribution in [2.75, 3.05) is 19.8 Å². The Hall–Kier alpha value is -1.43. The number of nitrogens with one attached hydrogen (secondary N) is 1. The van der Waals surface area contributed by atoms with E-state index in [1.54, 1.807) is 0 Å². The molecule has 0 atom stereocenters. The summed E-state index contributed by atoms with van der Waals surface area (Å²) in [7, 11) is 0. The van der Waals surface area contributed by atoms with Crippen LogP contribution in [0.4, 0.5) is 4.79 Å². The first-order valence-corrected chi connectivity index (χ1v) is 6.39. The number of urea groups is 1. The van der Waals surface area contributed by atoms with Crippen LogP contribution < -0.4 is 5.32 Å².